The molecule has 1 aliphatic carbocycles. The van der Waals surface area contributed by atoms with Crippen LogP contribution in [-0.4, -0.2) is 43.7 Å². The zero-order valence-corrected chi connectivity index (χ0v) is 9.43. The number of aliphatic hydroxyl groups is 3. The van der Waals surface area contributed by atoms with Gasteiger partial charge in [0.05, 0.1) is 18.8 Å². The van der Waals surface area contributed by atoms with Gasteiger partial charge < -0.3 is 15.3 Å². The van der Waals surface area contributed by atoms with Crippen LogP contribution in [0.15, 0.2) is 34.0 Å². The van der Waals surface area contributed by atoms with Crippen LogP contribution in [0.3, 0.4) is 0 Å². The van der Waals surface area contributed by atoms with E-state index in [0.717, 1.165) is 10.6 Å². The highest BCUT2D eigenvalue weighted by atomic mass is 16.3. The van der Waals surface area contributed by atoms with Crippen molar-refractivity contribution < 1.29 is 15.3 Å². The summed E-state index contributed by atoms with van der Waals surface area (Å²) in [5.41, 5.74) is -1.19. The molecular weight excluding hydrogens is 240 g/mol. The minimum Gasteiger partial charge on any atom is -0.396 e. The lowest BCUT2D eigenvalue weighted by Crippen LogP contribution is -2.46. The van der Waals surface area contributed by atoms with E-state index in [1.165, 1.54) is 12.3 Å². The second kappa shape index (κ2) is 4.89. The van der Waals surface area contributed by atoms with E-state index >= 15 is 0 Å². The molecule has 0 radical (unpaired) electrons. The minimum absolute atomic E-state index is 0.290. The summed E-state index contributed by atoms with van der Waals surface area (Å²) < 4.78 is 1.12. The molecule has 1 aliphatic rings. The summed E-state index contributed by atoms with van der Waals surface area (Å²) in [6, 6.07) is 0.388. The number of nitrogens with zero attached hydrogens (tertiary/aromatic N) is 1. The third kappa shape index (κ3) is 2.15. The van der Waals surface area contributed by atoms with Crippen LogP contribution in [0.2, 0.25) is 0 Å². The van der Waals surface area contributed by atoms with Gasteiger partial charge in [0.1, 0.15) is 6.10 Å². The van der Waals surface area contributed by atoms with E-state index in [4.69, 9.17) is 5.11 Å². The van der Waals surface area contributed by atoms with Crippen molar-refractivity contribution in [2.45, 2.75) is 18.2 Å². The van der Waals surface area contributed by atoms with Gasteiger partial charge in [-0.15, -0.1) is 0 Å². The van der Waals surface area contributed by atoms with E-state index in [0.29, 0.717) is 0 Å². The zero-order valence-electron chi connectivity index (χ0n) is 9.43. The Hall–Kier alpha value is -1.70. The van der Waals surface area contributed by atoms with Crippen molar-refractivity contribution in [1.82, 2.24) is 9.55 Å². The maximum atomic E-state index is 11.6. The maximum Gasteiger partial charge on any atom is 0.328 e. The van der Waals surface area contributed by atoms with Gasteiger partial charge in [-0.1, -0.05) is 12.2 Å². The van der Waals surface area contributed by atoms with Crippen molar-refractivity contribution in [1.29, 1.82) is 0 Å². The van der Waals surface area contributed by atoms with Crippen LogP contribution in [0.4, 0.5) is 0 Å². The number of aliphatic hydroxyl groups excluding tert-OH is 3. The molecule has 1 aromatic heterocycles. The molecular formula is C11H14N2O5. The van der Waals surface area contributed by atoms with Crippen LogP contribution in [-0.2, 0) is 0 Å². The quantitative estimate of drug-likeness (QED) is 0.455. The van der Waals surface area contributed by atoms with E-state index in [2.05, 4.69) is 4.98 Å². The van der Waals surface area contributed by atoms with Crippen LogP contribution >= 0.6 is 0 Å². The molecule has 0 spiro atoms. The molecule has 18 heavy (non-hydrogen) atoms. The lowest BCUT2D eigenvalue weighted by Gasteiger charge is -2.33. The van der Waals surface area contributed by atoms with Crippen molar-refractivity contribution in [2.24, 2.45) is 5.92 Å². The summed E-state index contributed by atoms with van der Waals surface area (Å²) >= 11 is 0. The Labute approximate surface area is 102 Å². The van der Waals surface area contributed by atoms with Gasteiger partial charge in [0.25, 0.3) is 5.56 Å². The van der Waals surface area contributed by atoms with Crippen LogP contribution in [0.1, 0.15) is 6.04 Å². The van der Waals surface area contributed by atoms with Crippen molar-refractivity contribution in [3.63, 3.8) is 0 Å². The molecule has 4 atom stereocenters. The molecule has 0 saturated carbocycles. The molecule has 0 fully saturated rings. The number of nitrogens with one attached hydrogen (secondary N) is 1. The number of aromatic amines is 1. The predicted octanol–water partition coefficient (Wildman–Crippen LogP) is -2.02. The van der Waals surface area contributed by atoms with Crippen molar-refractivity contribution >= 4 is 0 Å². The van der Waals surface area contributed by atoms with Crippen LogP contribution in [0, 0.1) is 5.92 Å². The molecule has 1 heterocycles. The average Bonchev–Trinajstić information content (AvgIpc) is 2.34. The Bertz CT molecular complexity index is 561. The molecule has 0 unspecified atom stereocenters. The second-order valence-electron chi connectivity index (χ2n) is 4.22. The topological polar surface area (TPSA) is 116 Å². The Morgan fingerprint density at radius 2 is 1.94 bits per heavy atom. The van der Waals surface area contributed by atoms with Gasteiger partial charge in [0.15, 0.2) is 0 Å². The first-order valence-electron chi connectivity index (χ1n) is 5.51. The first-order valence-corrected chi connectivity index (χ1v) is 5.51. The molecule has 2 rings (SSSR count). The lowest BCUT2D eigenvalue weighted by molar-refractivity contribution is -0.0427. The van der Waals surface area contributed by atoms with Gasteiger partial charge in [-0.05, 0) is 0 Å². The van der Waals surface area contributed by atoms with Gasteiger partial charge in [0.2, 0.25) is 0 Å². The second-order valence-corrected chi connectivity index (χ2v) is 4.22. The third-order valence-corrected chi connectivity index (χ3v) is 3.08. The molecule has 7 nitrogen and oxygen atoms in total. The van der Waals surface area contributed by atoms with Gasteiger partial charge in [-0.25, -0.2) is 4.79 Å². The highest BCUT2D eigenvalue weighted by Gasteiger charge is 2.34. The molecule has 0 amide bonds. The summed E-state index contributed by atoms with van der Waals surface area (Å²) in [7, 11) is 0. The van der Waals surface area contributed by atoms with Gasteiger partial charge in [0, 0.05) is 18.2 Å². The maximum absolute atomic E-state index is 11.6. The smallest absolute Gasteiger partial charge is 0.328 e. The standard InChI is InChI=1S/C11H14N2O5/c14-5-6-1-2-7(10(17)9(6)16)13-4-3-8(15)12-11(13)18/h1-4,6-7,9-10,14,16-17H,5H2,(H,12,15,18)/t6-,7-,9-,10-/m1/s1. The van der Waals surface area contributed by atoms with E-state index in [1.54, 1.807) is 6.08 Å². The first kappa shape index (κ1) is 12.7. The van der Waals surface area contributed by atoms with E-state index in [1.807, 2.05) is 0 Å². The average molecular weight is 254 g/mol. The monoisotopic (exact) mass is 254 g/mol. The predicted molar refractivity (Wildman–Crippen MR) is 62.1 cm³/mol. The fraction of sp³-hybridized carbons (Fsp3) is 0.455. The number of H-pyrrole nitrogens is 1. The van der Waals surface area contributed by atoms with Crippen molar-refractivity contribution in [2.75, 3.05) is 6.61 Å². The zero-order chi connectivity index (χ0) is 13.3. The molecule has 4 N–H and O–H groups in total. The first-order chi connectivity index (χ1) is 8.54. The fourth-order valence-electron chi connectivity index (χ4n) is 2.03. The van der Waals surface area contributed by atoms with Gasteiger partial charge in [-0.3, -0.25) is 14.3 Å². The molecule has 0 aliphatic heterocycles. The number of aromatic nitrogens is 2. The Kier molecular flexibility index (Phi) is 3.46. The van der Waals surface area contributed by atoms with Crippen molar-refractivity contribution in [3.8, 4) is 0 Å². The van der Waals surface area contributed by atoms with E-state index < -0.39 is 35.4 Å². The highest BCUT2D eigenvalue weighted by Crippen LogP contribution is 2.25. The lowest BCUT2D eigenvalue weighted by atomic mass is 9.87. The molecule has 1 aromatic rings. The highest BCUT2D eigenvalue weighted by molar-refractivity contribution is 5.09. The largest absolute Gasteiger partial charge is 0.396 e. The minimum atomic E-state index is -1.23. The third-order valence-electron chi connectivity index (χ3n) is 3.08. The normalized spacial score (nSPS) is 31.5. The van der Waals surface area contributed by atoms with Crippen LogP contribution in [0.5, 0.6) is 0 Å². The number of hydrogen-bond acceptors (Lipinski definition) is 5. The summed E-state index contributed by atoms with van der Waals surface area (Å²) in [6.07, 6.45) is 1.93. The summed E-state index contributed by atoms with van der Waals surface area (Å²) in [5, 5.41) is 28.7. The fourth-order valence-corrected chi connectivity index (χ4v) is 2.03. The summed E-state index contributed by atoms with van der Waals surface area (Å²) in [5.74, 6) is -0.560. The number of rotatable bonds is 2. The summed E-state index contributed by atoms with van der Waals surface area (Å²) in [6.45, 7) is -0.290. The van der Waals surface area contributed by atoms with Crippen LogP contribution < -0.4 is 11.2 Å². The Balaban J connectivity index is 2.40. The molecule has 0 saturated heterocycles. The van der Waals surface area contributed by atoms with E-state index in [-0.39, 0.29) is 6.61 Å². The van der Waals surface area contributed by atoms with Crippen LogP contribution in [0.25, 0.3) is 0 Å². The number of hydrogen-bond donors (Lipinski definition) is 4. The molecule has 0 bridgehead atoms. The SMILES string of the molecule is O=c1ccn([C@@H]2C=C[C@H](CO)[C@@H](O)[C@@H]2O)c(=O)[nH]1. The Morgan fingerprint density at radius 1 is 1.22 bits per heavy atom. The van der Waals surface area contributed by atoms with Gasteiger partial charge in [-0.2, -0.15) is 0 Å². The molecule has 7 heteroatoms. The summed E-state index contributed by atoms with van der Waals surface area (Å²) in [4.78, 5) is 24.6. The van der Waals surface area contributed by atoms with Crippen molar-refractivity contribution in [3.05, 3.63) is 45.3 Å². The van der Waals surface area contributed by atoms with E-state index in [9.17, 15) is 19.8 Å². The molecule has 98 valence electrons. The molecule has 0 aromatic carbocycles. The van der Waals surface area contributed by atoms with Gasteiger partial charge >= 0.3 is 5.69 Å². The Morgan fingerprint density at radius 3 is 2.56 bits per heavy atom.